The van der Waals surface area contributed by atoms with Crippen LogP contribution in [0, 0.1) is 12.3 Å². The Morgan fingerprint density at radius 1 is 1.10 bits per heavy atom. The van der Waals surface area contributed by atoms with Crippen LogP contribution in [0.3, 0.4) is 0 Å². The number of nitrogens with one attached hydrogen (secondary N) is 2. The molecule has 5 heterocycles. The molecule has 4 aromatic heterocycles. The fraction of sp³-hybridized carbons (Fsp3) is 0.357. The number of aryl methyl sites for hydroxylation is 1. The van der Waals surface area contributed by atoms with E-state index in [4.69, 9.17) is 11.1 Å². The SMILES string of the molecule is [2H]N1CCN(c2ncc3ncnc(Nc4ccc(Oc5ccn6ncnc6c5)c(C)c4)c3n2)[C@@H](C)C1C(C)(C)C. The number of piperazine rings is 1. The van der Waals surface area contributed by atoms with Gasteiger partial charge in [-0.2, -0.15) is 5.10 Å². The van der Waals surface area contributed by atoms with Crippen LogP contribution in [0.15, 0.2) is 55.4 Å². The first-order valence-corrected chi connectivity index (χ1v) is 13.0. The van der Waals surface area contributed by atoms with Crippen molar-refractivity contribution in [1.29, 1.82) is 0 Å². The summed E-state index contributed by atoms with van der Waals surface area (Å²) in [4.78, 5) is 24.8. The van der Waals surface area contributed by atoms with Crippen LogP contribution in [-0.4, -0.2) is 59.7 Å². The van der Waals surface area contributed by atoms with E-state index >= 15 is 0 Å². The van der Waals surface area contributed by atoms with Crippen LogP contribution in [0.4, 0.5) is 17.5 Å². The van der Waals surface area contributed by atoms with Crippen LogP contribution < -0.4 is 20.3 Å². The average molecular weight is 526 g/mol. The number of ether oxygens (including phenoxy) is 1. The van der Waals surface area contributed by atoms with Gasteiger partial charge in [0, 0.05) is 43.1 Å². The molecule has 0 aliphatic carbocycles. The van der Waals surface area contributed by atoms with Gasteiger partial charge >= 0.3 is 0 Å². The first kappa shape index (κ1) is 23.7. The number of pyridine rings is 1. The molecule has 2 atom stereocenters. The standard InChI is InChI=1S/C28H32N10O/c1-17-12-19(6-7-22(17)39-20-8-10-38-23(13-20)32-16-34-38)35-26-24-21(31-15-33-26)14-30-27(36-24)37-11-9-29-25(18(37)2)28(3,4)5/h6-8,10,12-16,18,25,29H,9,11H2,1-5H3,(H,31,33,35)/t18-,25?/m0/s1/i/hD. The second-order valence-corrected chi connectivity index (χ2v) is 10.9. The molecule has 1 aliphatic rings. The van der Waals surface area contributed by atoms with Gasteiger partial charge in [0.1, 0.15) is 36.6 Å². The second kappa shape index (κ2) is 9.73. The van der Waals surface area contributed by atoms with Gasteiger partial charge in [0.15, 0.2) is 11.5 Å². The normalized spacial score (nSPS) is 18.9. The number of nitrogens with zero attached hydrogens (tertiary/aromatic N) is 8. The average Bonchev–Trinajstić information content (AvgIpc) is 3.38. The zero-order valence-corrected chi connectivity index (χ0v) is 22.7. The Balaban J connectivity index is 1.26. The van der Waals surface area contributed by atoms with Gasteiger partial charge < -0.3 is 20.3 Å². The Kier molecular flexibility index (Phi) is 5.92. The quantitative estimate of drug-likeness (QED) is 0.339. The molecule has 0 amide bonds. The van der Waals surface area contributed by atoms with Crippen LogP contribution in [0.5, 0.6) is 11.5 Å². The number of aromatic nitrogens is 7. The van der Waals surface area contributed by atoms with E-state index in [1.165, 1.54) is 12.7 Å². The summed E-state index contributed by atoms with van der Waals surface area (Å²) in [6, 6.07) is 9.66. The van der Waals surface area contributed by atoms with Gasteiger partial charge in [0.25, 0.3) is 0 Å². The van der Waals surface area contributed by atoms with Crippen molar-refractivity contribution in [3.05, 3.63) is 60.9 Å². The zero-order chi connectivity index (χ0) is 28.0. The van der Waals surface area contributed by atoms with E-state index in [1.807, 2.05) is 43.5 Å². The van der Waals surface area contributed by atoms with Crippen molar-refractivity contribution in [3.8, 4) is 11.5 Å². The predicted molar refractivity (Wildman–Crippen MR) is 151 cm³/mol. The molecule has 39 heavy (non-hydrogen) atoms. The van der Waals surface area contributed by atoms with Crippen LogP contribution in [0.2, 0.25) is 1.41 Å². The summed E-state index contributed by atoms with van der Waals surface area (Å²) in [5.41, 5.74) is 3.75. The highest BCUT2D eigenvalue weighted by Gasteiger charge is 2.36. The molecule has 0 bridgehead atoms. The molecular weight excluding hydrogens is 492 g/mol. The van der Waals surface area contributed by atoms with Crippen LogP contribution in [-0.2, 0) is 0 Å². The Labute approximate surface area is 228 Å². The Bertz CT molecular complexity index is 1680. The molecular formula is C28H32N10O. The van der Waals surface area contributed by atoms with Gasteiger partial charge in [-0.1, -0.05) is 20.8 Å². The Hall–Kier alpha value is -4.38. The molecule has 1 aromatic carbocycles. The van der Waals surface area contributed by atoms with Crippen LogP contribution in [0.25, 0.3) is 16.7 Å². The van der Waals surface area contributed by atoms with Crippen molar-refractivity contribution in [2.75, 3.05) is 23.3 Å². The summed E-state index contributed by atoms with van der Waals surface area (Å²) in [6.07, 6.45) is 6.58. The molecule has 1 saturated heterocycles. The Morgan fingerprint density at radius 3 is 2.79 bits per heavy atom. The van der Waals surface area contributed by atoms with Crippen LogP contribution >= 0.6 is 0 Å². The lowest BCUT2D eigenvalue weighted by atomic mass is 9.81. The maximum absolute atomic E-state index is 8.50. The third-order valence-corrected chi connectivity index (χ3v) is 7.04. The van der Waals surface area contributed by atoms with Crippen molar-refractivity contribution in [1.82, 2.24) is 39.8 Å². The van der Waals surface area contributed by atoms with E-state index in [0.29, 0.717) is 41.6 Å². The first-order valence-electron chi connectivity index (χ1n) is 13.5. The highest BCUT2D eigenvalue weighted by molar-refractivity contribution is 5.87. The minimum absolute atomic E-state index is 0.0344. The third kappa shape index (κ3) is 4.92. The van der Waals surface area contributed by atoms with Gasteiger partial charge in [-0.25, -0.2) is 29.4 Å². The molecule has 5 aromatic rings. The maximum Gasteiger partial charge on any atom is 0.226 e. The lowest BCUT2D eigenvalue weighted by molar-refractivity contribution is 0.213. The monoisotopic (exact) mass is 525 g/mol. The molecule has 1 aliphatic heterocycles. The number of benzene rings is 1. The first-order chi connectivity index (χ1) is 19.2. The van der Waals surface area contributed by atoms with Gasteiger partial charge in [-0.15, -0.1) is 0 Å². The topological polar surface area (TPSA) is 118 Å². The van der Waals surface area contributed by atoms with Gasteiger partial charge in [0.05, 0.1) is 6.20 Å². The largest absolute Gasteiger partial charge is 0.457 e. The van der Waals surface area contributed by atoms with Crippen molar-refractivity contribution in [2.45, 2.75) is 46.7 Å². The molecule has 1 fully saturated rings. The lowest BCUT2D eigenvalue weighted by Gasteiger charge is -2.45. The smallest absolute Gasteiger partial charge is 0.226 e. The van der Waals surface area contributed by atoms with E-state index < -0.39 is 0 Å². The summed E-state index contributed by atoms with van der Waals surface area (Å²) in [5, 5.41) is 9.22. The summed E-state index contributed by atoms with van der Waals surface area (Å²) < 4.78 is 16.3. The maximum atomic E-state index is 8.50. The minimum Gasteiger partial charge on any atom is -0.457 e. The molecule has 200 valence electrons. The van der Waals surface area contributed by atoms with Gasteiger partial charge in [-0.05, 0) is 49.1 Å². The Morgan fingerprint density at radius 2 is 1.97 bits per heavy atom. The fourth-order valence-corrected chi connectivity index (χ4v) is 5.15. The van der Waals surface area contributed by atoms with Gasteiger partial charge in [0.2, 0.25) is 5.95 Å². The van der Waals surface area contributed by atoms with E-state index in [-0.39, 0.29) is 17.5 Å². The summed E-state index contributed by atoms with van der Waals surface area (Å²) >= 11 is 0. The number of anilines is 3. The highest BCUT2D eigenvalue weighted by Crippen LogP contribution is 2.31. The summed E-state index contributed by atoms with van der Waals surface area (Å²) in [6.45, 7) is 11.9. The van der Waals surface area contributed by atoms with E-state index in [2.05, 4.69) is 62.9 Å². The minimum atomic E-state index is -0.0660. The molecule has 11 nitrogen and oxygen atoms in total. The van der Waals surface area contributed by atoms with Crippen molar-refractivity contribution in [2.24, 2.45) is 5.41 Å². The van der Waals surface area contributed by atoms with Crippen LogP contribution in [0.1, 0.15) is 33.3 Å². The van der Waals surface area contributed by atoms with E-state index in [1.54, 1.807) is 16.0 Å². The number of hydrogen-bond acceptors (Lipinski definition) is 10. The van der Waals surface area contributed by atoms with E-state index in [0.717, 1.165) is 22.6 Å². The second-order valence-electron chi connectivity index (χ2n) is 10.9. The lowest BCUT2D eigenvalue weighted by Crippen LogP contribution is -2.61. The molecule has 0 radical (unpaired) electrons. The summed E-state index contributed by atoms with van der Waals surface area (Å²) in [7, 11) is 0. The van der Waals surface area contributed by atoms with Gasteiger partial charge in [-0.3, -0.25) is 0 Å². The molecule has 0 spiro atoms. The van der Waals surface area contributed by atoms with Crippen molar-refractivity contribution < 1.29 is 6.15 Å². The predicted octanol–water partition coefficient (Wildman–Crippen LogP) is 4.52. The highest BCUT2D eigenvalue weighted by atomic mass is 16.5. The zero-order valence-electron chi connectivity index (χ0n) is 23.7. The molecule has 1 unspecified atom stereocenters. The molecule has 2 N–H and O–H groups in total. The molecule has 11 heteroatoms. The van der Waals surface area contributed by atoms with E-state index in [9.17, 15) is 0 Å². The van der Waals surface area contributed by atoms with Crippen molar-refractivity contribution >= 4 is 34.1 Å². The number of fused-ring (bicyclic) bond motifs is 2. The fourth-order valence-electron chi connectivity index (χ4n) is 5.15. The summed E-state index contributed by atoms with van der Waals surface area (Å²) in [5.74, 6) is 2.63. The third-order valence-electron chi connectivity index (χ3n) is 7.04. The number of hydrogen-bond donors (Lipinski definition) is 2. The molecule has 6 rings (SSSR count). The van der Waals surface area contributed by atoms with Crippen molar-refractivity contribution in [3.63, 3.8) is 0 Å². The molecule has 0 saturated carbocycles. The number of rotatable bonds is 5.